The Bertz CT molecular complexity index is 742. The van der Waals surface area contributed by atoms with Crippen molar-refractivity contribution in [3.8, 4) is 11.5 Å². The van der Waals surface area contributed by atoms with Crippen LogP contribution in [0.3, 0.4) is 0 Å². The summed E-state index contributed by atoms with van der Waals surface area (Å²) >= 11 is 0. The molecule has 3 nitrogen and oxygen atoms in total. The van der Waals surface area contributed by atoms with Gasteiger partial charge in [-0.2, -0.15) is 17.6 Å². The van der Waals surface area contributed by atoms with Crippen LogP contribution >= 0.6 is 0 Å². The molecule has 1 saturated carbocycles. The van der Waals surface area contributed by atoms with Gasteiger partial charge >= 0.3 is 6.11 Å². The zero-order chi connectivity index (χ0) is 21.7. The van der Waals surface area contributed by atoms with Crippen LogP contribution in [-0.2, 0) is 4.74 Å². The van der Waals surface area contributed by atoms with Crippen LogP contribution in [0.2, 0.25) is 0 Å². The molecule has 2 aliphatic rings. The highest BCUT2D eigenvalue weighted by molar-refractivity contribution is 5.35. The Kier molecular flexibility index (Phi) is 7.53. The first-order valence-electron chi connectivity index (χ1n) is 10.9. The molecule has 1 atom stereocenters. The molecule has 1 aromatic carbocycles. The van der Waals surface area contributed by atoms with Gasteiger partial charge in [0, 0.05) is 0 Å². The van der Waals surface area contributed by atoms with E-state index in [-0.39, 0.29) is 30.5 Å². The smallest absolute Gasteiger partial charge is 0.425 e. The highest BCUT2D eigenvalue weighted by atomic mass is 19.3. The standard InChI is InChI=1S/C23H30F4O3/c1-3-5-15-6-8-16(9-7-15)18-11-10-17(14-29-18)23(26,27)30-20-13-12-19(28-4-2)21(24)22(20)25/h12-16,18H,3-11H2,1-2H3. The van der Waals surface area contributed by atoms with E-state index in [9.17, 15) is 17.6 Å². The molecule has 1 heterocycles. The van der Waals surface area contributed by atoms with E-state index < -0.39 is 23.5 Å². The van der Waals surface area contributed by atoms with E-state index in [1.165, 1.54) is 12.8 Å². The van der Waals surface area contributed by atoms with Crippen molar-refractivity contribution in [2.24, 2.45) is 11.8 Å². The number of hydrogen-bond donors (Lipinski definition) is 0. The van der Waals surface area contributed by atoms with E-state index >= 15 is 0 Å². The summed E-state index contributed by atoms with van der Waals surface area (Å²) in [5.74, 6) is -2.91. The second kappa shape index (κ2) is 9.92. The van der Waals surface area contributed by atoms with Crippen LogP contribution in [0.25, 0.3) is 0 Å². The van der Waals surface area contributed by atoms with Gasteiger partial charge in [0.15, 0.2) is 11.5 Å². The first-order valence-corrected chi connectivity index (χ1v) is 10.9. The zero-order valence-corrected chi connectivity index (χ0v) is 17.6. The molecule has 0 aromatic heterocycles. The summed E-state index contributed by atoms with van der Waals surface area (Å²) in [7, 11) is 0. The lowest BCUT2D eigenvalue weighted by Crippen LogP contribution is -2.34. The van der Waals surface area contributed by atoms with Gasteiger partial charge in [0.2, 0.25) is 11.6 Å². The Morgan fingerprint density at radius 3 is 2.27 bits per heavy atom. The van der Waals surface area contributed by atoms with Crippen LogP contribution in [0.15, 0.2) is 24.0 Å². The third-order valence-corrected chi connectivity index (χ3v) is 6.12. The van der Waals surface area contributed by atoms with E-state index in [0.717, 1.165) is 50.0 Å². The topological polar surface area (TPSA) is 27.7 Å². The van der Waals surface area contributed by atoms with E-state index in [4.69, 9.17) is 9.47 Å². The number of alkyl halides is 2. The van der Waals surface area contributed by atoms with E-state index in [2.05, 4.69) is 11.7 Å². The minimum absolute atomic E-state index is 0.0771. The lowest BCUT2D eigenvalue weighted by Gasteiger charge is -2.36. The van der Waals surface area contributed by atoms with Crippen molar-refractivity contribution < 1.29 is 31.8 Å². The normalized spacial score (nSPS) is 24.7. The molecule has 1 aliphatic carbocycles. The maximum Gasteiger partial charge on any atom is 0.425 e. The summed E-state index contributed by atoms with van der Waals surface area (Å²) in [6, 6.07) is 2.02. The number of halogens is 4. The number of rotatable bonds is 8. The van der Waals surface area contributed by atoms with Crippen molar-refractivity contribution in [1.29, 1.82) is 0 Å². The van der Waals surface area contributed by atoms with Crippen molar-refractivity contribution in [2.75, 3.05) is 6.61 Å². The van der Waals surface area contributed by atoms with Crippen molar-refractivity contribution in [2.45, 2.75) is 77.4 Å². The van der Waals surface area contributed by atoms with Gasteiger partial charge in [0.05, 0.1) is 18.4 Å². The number of ether oxygens (including phenoxy) is 3. The van der Waals surface area contributed by atoms with Crippen LogP contribution in [0.1, 0.15) is 65.2 Å². The molecule has 7 heteroatoms. The van der Waals surface area contributed by atoms with Crippen LogP contribution < -0.4 is 9.47 Å². The predicted octanol–water partition coefficient (Wildman–Crippen LogP) is 7.00. The van der Waals surface area contributed by atoms with Gasteiger partial charge in [-0.15, -0.1) is 0 Å². The Labute approximate surface area is 175 Å². The van der Waals surface area contributed by atoms with Gasteiger partial charge in [0.25, 0.3) is 0 Å². The average molecular weight is 430 g/mol. The van der Waals surface area contributed by atoms with Crippen molar-refractivity contribution in [3.63, 3.8) is 0 Å². The second-order valence-corrected chi connectivity index (χ2v) is 8.17. The van der Waals surface area contributed by atoms with Gasteiger partial charge < -0.3 is 14.2 Å². The fourth-order valence-corrected chi connectivity index (χ4v) is 4.48. The van der Waals surface area contributed by atoms with Gasteiger partial charge in [-0.05, 0) is 56.6 Å². The predicted molar refractivity (Wildman–Crippen MR) is 106 cm³/mol. The van der Waals surface area contributed by atoms with Crippen LogP contribution in [-0.4, -0.2) is 18.8 Å². The Hall–Kier alpha value is -1.92. The molecule has 1 fully saturated rings. The highest BCUT2D eigenvalue weighted by Gasteiger charge is 2.42. The fraction of sp³-hybridized carbons (Fsp3) is 0.652. The molecule has 0 amide bonds. The molecule has 1 unspecified atom stereocenters. The average Bonchev–Trinajstić information content (AvgIpc) is 2.74. The molecule has 3 rings (SSSR count). The monoisotopic (exact) mass is 430 g/mol. The van der Waals surface area contributed by atoms with Gasteiger partial charge in [-0.1, -0.05) is 32.6 Å². The van der Waals surface area contributed by atoms with E-state index in [0.29, 0.717) is 12.3 Å². The minimum Gasteiger partial charge on any atom is -0.497 e. The lowest BCUT2D eigenvalue weighted by molar-refractivity contribution is -0.152. The van der Waals surface area contributed by atoms with Gasteiger partial charge in [0.1, 0.15) is 6.10 Å². The van der Waals surface area contributed by atoms with Crippen molar-refractivity contribution in [3.05, 3.63) is 35.6 Å². The summed E-state index contributed by atoms with van der Waals surface area (Å²) in [6.45, 7) is 3.92. The lowest BCUT2D eigenvalue weighted by atomic mass is 9.76. The summed E-state index contributed by atoms with van der Waals surface area (Å²) in [4.78, 5) is 0. The fourth-order valence-electron chi connectivity index (χ4n) is 4.48. The van der Waals surface area contributed by atoms with E-state index in [1.54, 1.807) is 6.92 Å². The Balaban J connectivity index is 1.60. The van der Waals surface area contributed by atoms with Crippen LogP contribution in [0.4, 0.5) is 17.6 Å². The van der Waals surface area contributed by atoms with Gasteiger partial charge in [-0.25, -0.2) is 0 Å². The molecule has 30 heavy (non-hydrogen) atoms. The molecule has 0 saturated heterocycles. The quantitative estimate of drug-likeness (QED) is 0.416. The molecule has 1 aromatic rings. The molecule has 168 valence electrons. The second-order valence-electron chi connectivity index (χ2n) is 8.17. The molecule has 0 radical (unpaired) electrons. The Morgan fingerprint density at radius 1 is 1.00 bits per heavy atom. The first kappa shape index (κ1) is 22.8. The molecule has 0 spiro atoms. The summed E-state index contributed by atoms with van der Waals surface area (Å²) in [6.07, 6.45) is 4.62. The minimum atomic E-state index is -3.79. The van der Waals surface area contributed by atoms with Gasteiger partial charge in [-0.3, -0.25) is 0 Å². The third kappa shape index (κ3) is 5.22. The zero-order valence-electron chi connectivity index (χ0n) is 17.6. The summed E-state index contributed by atoms with van der Waals surface area (Å²) < 4.78 is 72.3. The molecule has 0 bridgehead atoms. The molecular formula is C23H30F4O3. The Morgan fingerprint density at radius 2 is 1.67 bits per heavy atom. The first-order chi connectivity index (χ1) is 14.4. The number of benzene rings is 1. The van der Waals surface area contributed by atoms with E-state index in [1.807, 2.05) is 0 Å². The van der Waals surface area contributed by atoms with Crippen LogP contribution in [0.5, 0.6) is 11.5 Å². The molecule has 1 aliphatic heterocycles. The van der Waals surface area contributed by atoms with Crippen molar-refractivity contribution in [1.82, 2.24) is 0 Å². The molecule has 0 N–H and O–H groups in total. The molecular weight excluding hydrogens is 400 g/mol. The van der Waals surface area contributed by atoms with Crippen LogP contribution in [0, 0.1) is 23.5 Å². The highest BCUT2D eigenvalue weighted by Crippen LogP contribution is 2.41. The SMILES string of the molecule is CCCC1CCC(C2CCC(C(F)(F)Oc3ccc(OCC)c(F)c3F)=CO2)CC1. The summed E-state index contributed by atoms with van der Waals surface area (Å²) in [5, 5.41) is 0. The number of hydrogen-bond acceptors (Lipinski definition) is 3. The summed E-state index contributed by atoms with van der Waals surface area (Å²) in [5.41, 5.74) is -0.368. The maximum absolute atomic E-state index is 14.6. The maximum atomic E-state index is 14.6. The van der Waals surface area contributed by atoms with Crippen molar-refractivity contribution >= 4 is 0 Å². The largest absolute Gasteiger partial charge is 0.497 e. The third-order valence-electron chi connectivity index (χ3n) is 6.12.